The number of carbonyl (C=O) groups excluding carboxylic acids is 2. The molecule has 4 rings (SSSR count). The van der Waals surface area contributed by atoms with Crippen molar-refractivity contribution in [3.05, 3.63) is 65.1 Å². The summed E-state index contributed by atoms with van der Waals surface area (Å²) in [5.74, 6) is 1.03. The molecule has 0 aliphatic carbocycles. The molecule has 3 N–H and O–H groups in total. The molecule has 1 atom stereocenters. The Labute approximate surface area is 174 Å². The number of likely N-dealkylation sites (N-methyl/N-ethyl adjacent to an activating group) is 1. The summed E-state index contributed by atoms with van der Waals surface area (Å²) >= 11 is 0. The number of aryl methyl sites for hydroxylation is 1. The number of aromatic nitrogens is 1. The molecule has 7 nitrogen and oxygen atoms in total. The van der Waals surface area contributed by atoms with Crippen molar-refractivity contribution >= 4 is 34.7 Å². The van der Waals surface area contributed by atoms with E-state index in [1.165, 1.54) is 6.08 Å². The lowest BCUT2D eigenvalue weighted by atomic mass is 9.92. The first-order chi connectivity index (χ1) is 14.5. The van der Waals surface area contributed by atoms with Gasteiger partial charge in [0.05, 0.1) is 6.54 Å². The van der Waals surface area contributed by atoms with Gasteiger partial charge >= 0.3 is 0 Å². The Bertz CT molecular complexity index is 1150. The molecule has 0 fully saturated rings. The van der Waals surface area contributed by atoms with E-state index in [-0.39, 0.29) is 17.7 Å². The largest absolute Gasteiger partial charge is 0.459 e. The molecule has 0 bridgehead atoms. The standard InChI is InChI=1S/C23H24N4O3/c1-14-17-5-3-4-6-19(17)30-20(14)13-27(2)22(29)8-7-15-9-18-16(11-24)10-21(28)26-23(18)25-12-15/h3-9,12,16H,10-11,13,24H2,1-2H3,(H,25,26,28)/b8-7+. The predicted octanol–water partition coefficient (Wildman–Crippen LogP) is 3.19. The Hall–Kier alpha value is -3.45. The Kier molecular flexibility index (Phi) is 5.37. The summed E-state index contributed by atoms with van der Waals surface area (Å²) < 4.78 is 5.90. The highest BCUT2D eigenvalue weighted by Crippen LogP contribution is 2.31. The van der Waals surface area contributed by atoms with Crippen molar-refractivity contribution in [1.29, 1.82) is 0 Å². The van der Waals surface area contributed by atoms with E-state index in [0.29, 0.717) is 25.3 Å². The van der Waals surface area contributed by atoms with E-state index in [9.17, 15) is 9.59 Å². The van der Waals surface area contributed by atoms with E-state index < -0.39 is 0 Å². The molecule has 1 unspecified atom stereocenters. The van der Waals surface area contributed by atoms with E-state index in [1.807, 2.05) is 37.3 Å². The van der Waals surface area contributed by atoms with Gasteiger partial charge in [0.1, 0.15) is 17.2 Å². The van der Waals surface area contributed by atoms with Crippen molar-refractivity contribution in [3.8, 4) is 0 Å². The van der Waals surface area contributed by atoms with Crippen molar-refractivity contribution in [3.63, 3.8) is 0 Å². The summed E-state index contributed by atoms with van der Waals surface area (Å²) in [6.07, 6.45) is 5.21. The summed E-state index contributed by atoms with van der Waals surface area (Å²) in [4.78, 5) is 30.2. The van der Waals surface area contributed by atoms with Crippen LogP contribution in [0.25, 0.3) is 17.0 Å². The maximum Gasteiger partial charge on any atom is 0.246 e. The number of nitrogens with two attached hydrogens (primary N) is 1. The summed E-state index contributed by atoms with van der Waals surface area (Å²) in [6, 6.07) is 9.76. The number of hydrogen-bond donors (Lipinski definition) is 2. The number of carbonyl (C=O) groups is 2. The zero-order valence-electron chi connectivity index (χ0n) is 17.0. The van der Waals surface area contributed by atoms with Gasteiger partial charge < -0.3 is 20.4 Å². The van der Waals surface area contributed by atoms with E-state index >= 15 is 0 Å². The van der Waals surface area contributed by atoms with Crippen LogP contribution in [-0.2, 0) is 16.1 Å². The highest BCUT2D eigenvalue weighted by Gasteiger charge is 2.25. The van der Waals surface area contributed by atoms with E-state index in [0.717, 1.165) is 33.4 Å². The van der Waals surface area contributed by atoms with Crippen LogP contribution in [0.2, 0.25) is 0 Å². The van der Waals surface area contributed by atoms with Gasteiger partial charge in [-0.2, -0.15) is 0 Å². The van der Waals surface area contributed by atoms with Gasteiger partial charge in [0.15, 0.2) is 0 Å². The van der Waals surface area contributed by atoms with Crippen LogP contribution in [0, 0.1) is 6.92 Å². The molecule has 1 aliphatic rings. The zero-order chi connectivity index (χ0) is 21.3. The maximum atomic E-state index is 12.6. The fraction of sp³-hybridized carbons (Fsp3) is 0.261. The molecule has 1 aromatic carbocycles. The third kappa shape index (κ3) is 3.84. The molecule has 30 heavy (non-hydrogen) atoms. The second-order valence-corrected chi connectivity index (χ2v) is 7.57. The monoisotopic (exact) mass is 404 g/mol. The van der Waals surface area contributed by atoms with E-state index in [2.05, 4.69) is 10.3 Å². The molecule has 7 heteroatoms. The SMILES string of the molecule is Cc1c(CN(C)C(=O)/C=C/c2cnc3c(c2)C(CN)CC(=O)N3)oc2ccccc12. The molecule has 0 radical (unpaired) electrons. The molecule has 2 amide bonds. The molecule has 3 aromatic rings. The fourth-order valence-electron chi connectivity index (χ4n) is 3.70. The first-order valence-corrected chi connectivity index (χ1v) is 9.86. The van der Waals surface area contributed by atoms with Gasteiger partial charge in [0.25, 0.3) is 0 Å². The van der Waals surface area contributed by atoms with Crippen LogP contribution < -0.4 is 11.1 Å². The van der Waals surface area contributed by atoms with Crippen LogP contribution in [0.5, 0.6) is 0 Å². The number of hydrogen-bond acceptors (Lipinski definition) is 5. The summed E-state index contributed by atoms with van der Waals surface area (Å²) in [6.45, 7) is 2.75. The number of furan rings is 1. The second-order valence-electron chi connectivity index (χ2n) is 7.57. The normalized spacial score (nSPS) is 16.0. The topological polar surface area (TPSA) is 101 Å². The number of nitrogens with one attached hydrogen (secondary N) is 1. The quantitative estimate of drug-likeness (QED) is 0.636. The van der Waals surface area contributed by atoms with Crippen LogP contribution in [0.3, 0.4) is 0 Å². The molecule has 3 heterocycles. The Morgan fingerprint density at radius 2 is 2.20 bits per heavy atom. The fourth-order valence-corrected chi connectivity index (χ4v) is 3.70. The van der Waals surface area contributed by atoms with Crippen molar-refractivity contribution in [2.45, 2.75) is 25.8 Å². The molecular weight excluding hydrogens is 380 g/mol. The van der Waals surface area contributed by atoms with Gasteiger partial charge in [-0.15, -0.1) is 0 Å². The van der Waals surface area contributed by atoms with Gasteiger partial charge in [-0.05, 0) is 37.2 Å². The lowest BCUT2D eigenvalue weighted by Gasteiger charge is -2.23. The molecule has 154 valence electrons. The molecule has 2 aromatic heterocycles. The van der Waals surface area contributed by atoms with Crippen molar-refractivity contribution in [2.75, 3.05) is 18.9 Å². The first kappa shape index (κ1) is 19.8. The van der Waals surface area contributed by atoms with Crippen LogP contribution in [0.15, 0.2) is 47.0 Å². The van der Waals surface area contributed by atoms with Gasteiger partial charge in [-0.3, -0.25) is 9.59 Å². The molecule has 1 aliphatic heterocycles. The average Bonchev–Trinajstić information content (AvgIpc) is 3.06. The number of para-hydroxylation sites is 1. The number of amides is 2. The highest BCUT2D eigenvalue weighted by molar-refractivity contribution is 5.94. The van der Waals surface area contributed by atoms with Crippen LogP contribution in [0.1, 0.15) is 34.8 Å². The third-order valence-corrected chi connectivity index (χ3v) is 5.47. The van der Waals surface area contributed by atoms with Crippen molar-refractivity contribution < 1.29 is 14.0 Å². The average molecular weight is 404 g/mol. The number of anilines is 1. The first-order valence-electron chi connectivity index (χ1n) is 9.86. The lowest BCUT2D eigenvalue weighted by Crippen LogP contribution is -2.27. The molecule has 0 saturated heterocycles. The zero-order valence-corrected chi connectivity index (χ0v) is 17.0. The number of rotatable bonds is 5. The van der Waals surface area contributed by atoms with E-state index in [4.69, 9.17) is 10.2 Å². The summed E-state index contributed by atoms with van der Waals surface area (Å²) in [5.41, 5.74) is 9.36. The number of nitrogens with zero attached hydrogens (tertiary/aromatic N) is 2. The van der Waals surface area contributed by atoms with Gasteiger partial charge in [-0.1, -0.05) is 18.2 Å². The van der Waals surface area contributed by atoms with Gasteiger partial charge in [-0.25, -0.2) is 4.98 Å². The smallest absolute Gasteiger partial charge is 0.246 e. The molecule has 0 saturated carbocycles. The van der Waals surface area contributed by atoms with Gasteiger partial charge in [0, 0.05) is 48.2 Å². The van der Waals surface area contributed by atoms with Gasteiger partial charge in [0.2, 0.25) is 11.8 Å². The minimum atomic E-state index is -0.142. The summed E-state index contributed by atoms with van der Waals surface area (Å²) in [5, 5.41) is 3.82. The lowest BCUT2D eigenvalue weighted by molar-refractivity contribution is -0.125. The van der Waals surface area contributed by atoms with Crippen LogP contribution in [-0.4, -0.2) is 35.3 Å². The minimum absolute atomic E-state index is 0.0657. The minimum Gasteiger partial charge on any atom is -0.459 e. The van der Waals surface area contributed by atoms with Crippen LogP contribution in [0.4, 0.5) is 5.82 Å². The van der Waals surface area contributed by atoms with Crippen LogP contribution >= 0.6 is 0 Å². The Morgan fingerprint density at radius 3 is 2.97 bits per heavy atom. The Morgan fingerprint density at radius 1 is 1.40 bits per heavy atom. The second kappa shape index (κ2) is 8.12. The maximum absolute atomic E-state index is 12.6. The van der Waals surface area contributed by atoms with E-state index in [1.54, 1.807) is 24.2 Å². The van der Waals surface area contributed by atoms with Crippen molar-refractivity contribution in [2.24, 2.45) is 5.73 Å². The van der Waals surface area contributed by atoms with Crippen molar-refractivity contribution in [1.82, 2.24) is 9.88 Å². The Balaban J connectivity index is 1.48. The number of pyridine rings is 1. The molecule has 0 spiro atoms. The number of benzene rings is 1. The molecular formula is C23H24N4O3. The number of fused-ring (bicyclic) bond motifs is 2. The summed E-state index contributed by atoms with van der Waals surface area (Å²) in [7, 11) is 1.74. The predicted molar refractivity (Wildman–Crippen MR) is 116 cm³/mol. The third-order valence-electron chi connectivity index (χ3n) is 5.47. The highest BCUT2D eigenvalue weighted by atomic mass is 16.3.